The van der Waals surface area contributed by atoms with Gasteiger partial charge in [-0.1, -0.05) is 42.5 Å². The van der Waals surface area contributed by atoms with E-state index in [1.807, 2.05) is 60.7 Å². The summed E-state index contributed by atoms with van der Waals surface area (Å²) < 4.78 is 0. The molecule has 0 bridgehead atoms. The number of hydrogen-bond acceptors (Lipinski definition) is 3. The highest BCUT2D eigenvalue weighted by Crippen LogP contribution is 2.35. The van der Waals surface area contributed by atoms with E-state index in [0.29, 0.717) is 0 Å². The van der Waals surface area contributed by atoms with Gasteiger partial charge in [0.25, 0.3) is 0 Å². The molecule has 0 saturated heterocycles. The molecule has 0 saturated carbocycles. The molecule has 0 heterocycles. The van der Waals surface area contributed by atoms with Crippen LogP contribution >= 0.6 is 0 Å². The van der Waals surface area contributed by atoms with Crippen LogP contribution in [0.2, 0.25) is 0 Å². The monoisotopic (exact) mass is 290 g/mol. The molecule has 3 aromatic carbocycles. The number of nitrogen functional groups attached to an aromatic ring is 2. The van der Waals surface area contributed by atoms with Gasteiger partial charge in [0.1, 0.15) is 5.75 Å². The Bertz CT molecular complexity index is 719. The van der Waals surface area contributed by atoms with Crippen LogP contribution in [0.1, 0.15) is 22.6 Å². The second-order valence-electron chi connectivity index (χ2n) is 5.32. The standard InChI is InChI=1S/C19H18N2O/c20-15-9-5-13(6-10-15)19(14-7-11-16(22)12-8-14)17-3-1-2-4-18(17)21/h1-12,19,22H,20-21H2. The molecule has 0 spiro atoms. The normalized spacial score (nSPS) is 12.0. The third-order valence-electron chi connectivity index (χ3n) is 3.80. The van der Waals surface area contributed by atoms with Gasteiger partial charge >= 0.3 is 0 Å². The molecule has 3 rings (SSSR count). The Morgan fingerprint density at radius 3 is 1.82 bits per heavy atom. The van der Waals surface area contributed by atoms with Crippen molar-refractivity contribution in [2.45, 2.75) is 5.92 Å². The van der Waals surface area contributed by atoms with E-state index in [4.69, 9.17) is 11.5 Å². The first-order chi connectivity index (χ1) is 10.6. The van der Waals surface area contributed by atoms with Gasteiger partial charge in [-0.25, -0.2) is 0 Å². The van der Waals surface area contributed by atoms with Crippen molar-refractivity contribution in [1.82, 2.24) is 0 Å². The average molecular weight is 290 g/mol. The molecule has 3 nitrogen and oxygen atoms in total. The molecule has 0 aromatic heterocycles. The lowest BCUT2D eigenvalue weighted by molar-refractivity contribution is 0.475. The third kappa shape index (κ3) is 2.74. The largest absolute Gasteiger partial charge is 0.508 e. The molecular formula is C19H18N2O. The van der Waals surface area contributed by atoms with Gasteiger partial charge in [0.05, 0.1) is 0 Å². The summed E-state index contributed by atoms with van der Waals surface area (Å²) in [4.78, 5) is 0. The Labute approximate surface area is 129 Å². The number of phenols is 1. The first kappa shape index (κ1) is 14.0. The molecule has 5 N–H and O–H groups in total. The van der Waals surface area contributed by atoms with E-state index in [0.717, 1.165) is 28.1 Å². The maximum Gasteiger partial charge on any atom is 0.115 e. The van der Waals surface area contributed by atoms with Crippen LogP contribution in [0.3, 0.4) is 0 Å². The van der Waals surface area contributed by atoms with E-state index in [1.165, 1.54) is 0 Å². The first-order valence-corrected chi connectivity index (χ1v) is 7.14. The van der Waals surface area contributed by atoms with Gasteiger partial charge in [-0.05, 0) is 47.0 Å². The van der Waals surface area contributed by atoms with Gasteiger partial charge in [-0.3, -0.25) is 0 Å². The van der Waals surface area contributed by atoms with Crippen molar-refractivity contribution in [3.8, 4) is 5.75 Å². The summed E-state index contributed by atoms with van der Waals surface area (Å²) in [7, 11) is 0. The van der Waals surface area contributed by atoms with E-state index in [2.05, 4.69) is 0 Å². The lowest BCUT2D eigenvalue weighted by Crippen LogP contribution is -2.06. The Balaban J connectivity index is 2.16. The van der Waals surface area contributed by atoms with Crippen LogP contribution in [0.15, 0.2) is 72.8 Å². The van der Waals surface area contributed by atoms with Crippen LogP contribution in [0, 0.1) is 0 Å². The van der Waals surface area contributed by atoms with Crippen LogP contribution in [0.25, 0.3) is 0 Å². The number of para-hydroxylation sites is 1. The maximum absolute atomic E-state index is 9.53. The molecule has 1 unspecified atom stereocenters. The molecule has 0 aliphatic carbocycles. The summed E-state index contributed by atoms with van der Waals surface area (Å²) in [5.41, 5.74) is 16.7. The van der Waals surface area contributed by atoms with Crippen LogP contribution in [-0.2, 0) is 0 Å². The number of rotatable bonds is 3. The number of anilines is 2. The predicted molar refractivity (Wildman–Crippen MR) is 90.8 cm³/mol. The minimum atomic E-state index is 0.00222. The van der Waals surface area contributed by atoms with Crippen molar-refractivity contribution >= 4 is 11.4 Å². The lowest BCUT2D eigenvalue weighted by Gasteiger charge is -2.20. The molecule has 0 amide bonds. The molecule has 0 radical (unpaired) electrons. The molecule has 22 heavy (non-hydrogen) atoms. The van der Waals surface area contributed by atoms with Gasteiger partial charge in [0.15, 0.2) is 0 Å². The first-order valence-electron chi connectivity index (χ1n) is 7.14. The summed E-state index contributed by atoms with van der Waals surface area (Å²) in [5.74, 6) is 0.253. The van der Waals surface area contributed by atoms with Gasteiger partial charge in [0.2, 0.25) is 0 Å². The van der Waals surface area contributed by atoms with E-state index in [9.17, 15) is 5.11 Å². The molecule has 0 aliphatic heterocycles. The van der Waals surface area contributed by atoms with E-state index >= 15 is 0 Å². The summed E-state index contributed by atoms with van der Waals surface area (Å²) >= 11 is 0. The summed E-state index contributed by atoms with van der Waals surface area (Å²) in [6.45, 7) is 0. The molecule has 1 atom stereocenters. The highest BCUT2D eigenvalue weighted by atomic mass is 16.3. The highest BCUT2D eigenvalue weighted by Gasteiger charge is 2.18. The molecule has 3 aromatic rings. The lowest BCUT2D eigenvalue weighted by atomic mass is 9.84. The fraction of sp³-hybridized carbons (Fsp3) is 0.0526. The van der Waals surface area contributed by atoms with Gasteiger partial charge in [-0.2, -0.15) is 0 Å². The van der Waals surface area contributed by atoms with Gasteiger partial charge in [0, 0.05) is 17.3 Å². The number of phenolic OH excluding ortho intramolecular Hbond substituents is 1. The van der Waals surface area contributed by atoms with E-state index in [1.54, 1.807) is 12.1 Å². The second kappa shape index (κ2) is 5.82. The van der Waals surface area contributed by atoms with Crippen molar-refractivity contribution in [3.63, 3.8) is 0 Å². The van der Waals surface area contributed by atoms with Crippen LogP contribution in [0.5, 0.6) is 5.75 Å². The number of aromatic hydroxyl groups is 1. The molecule has 0 fully saturated rings. The minimum absolute atomic E-state index is 0.00222. The third-order valence-corrected chi connectivity index (χ3v) is 3.80. The number of hydrogen-bond donors (Lipinski definition) is 3. The zero-order valence-corrected chi connectivity index (χ0v) is 12.1. The fourth-order valence-corrected chi connectivity index (χ4v) is 2.68. The summed E-state index contributed by atoms with van der Waals surface area (Å²) in [5, 5.41) is 9.53. The predicted octanol–water partition coefficient (Wildman–Crippen LogP) is 3.74. The second-order valence-corrected chi connectivity index (χ2v) is 5.32. The van der Waals surface area contributed by atoms with Gasteiger partial charge < -0.3 is 16.6 Å². The number of nitrogens with two attached hydrogens (primary N) is 2. The van der Waals surface area contributed by atoms with Crippen LogP contribution in [0.4, 0.5) is 11.4 Å². The van der Waals surface area contributed by atoms with Crippen molar-refractivity contribution in [3.05, 3.63) is 89.5 Å². The van der Waals surface area contributed by atoms with Crippen molar-refractivity contribution < 1.29 is 5.11 Å². The molecular weight excluding hydrogens is 272 g/mol. The zero-order valence-electron chi connectivity index (χ0n) is 12.1. The van der Waals surface area contributed by atoms with Crippen molar-refractivity contribution in [2.75, 3.05) is 11.5 Å². The van der Waals surface area contributed by atoms with Crippen LogP contribution in [-0.4, -0.2) is 5.11 Å². The summed E-state index contributed by atoms with van der Waals surface area (Å²) in [6, 6.07) is 22.9. The molecule has 0 aliphatic rings. The Morgan fingerprint density at radius 1 is 0.682 bits per heavy atom. The molecule has 110 valence electrons. The zero-order chi connectivity index (χ0) is 15.5. The average Bonchev–Trinajstić information content (AvgIpc) is 2.53. The topological polar surface area (TPSA) is 72.3 Å². The SMILES string of the molecule is Nc1ccc(C(c2ccc(O)cc2)c2ccccc2N)cc1. The van der Waals surface area contributed by atoms with Crippen molar-refractivity contribution in [2.24, 2.45) is 0 Å². The van der Waals surface area contributed by atoms with E-state index < -0.39 is 0 Å². The quantitative estimate of drug-likeness (QED) is 0.508. The number of benzene rings is 3. The molecule has 3 heteroatoms. The smallest absolute Gasteiger partial charge is 0.115 e. The summed E-state index contributed by atoms with van der Waals surface area (Å²) in [6.07, 6.45) is 0. The minimum Gasteiger partial charge on any atom is -0.508 e. The maximum atomic E-state index is 9.53. The Hall–Kier alpha value is -2.94. The Morgan fingerprint density at radius 2 is 1.23 bits per heavy atom. The highest BCUT2D eigenvalue weighted by molar-refractivity contribution is 5.57. The Kier molecular flexibility index (Phi) is 3.71. The fourth-order valence-electron chi connectivity index (χ4n) is 2.68. The van der Waals surface area contributed by atoms with E-state index in [-0.39, 0.29) is 11.7 Å². The van der Waals surface area contributed by atoms with Crippen molar-refractivity contribution in [1.29, 1.82) is 0 Å². The van der Waals surface area contributed by atoms with Gasteiger partial charge in [-0.15, -0.1) is 0 Å². The van der Waals surface area contributed by atoms with Crippen LogP contribution < -0.4 is 11.5 Å².